The van der Waals surface area contributed by atoms with Gasteiger partial charge in [-0.05, 0) is 42.7 Å². The Hall–Kier alpha value is -3.11. The lowest BCUT2D eigenvalue weighted by Gasteiger charge is -2.33. The van der Waals surface area contributed by atoms with Gasteiger partial charge in [0.05, 0.1) is 12.8 Å². The highest BCUT2D eigenvalue weighted by molar-refractivity contribution is 7.90. The molecule has 0 aromatic heterocycles. The summed E-state index contributed by atoms with van der Waals surface area (Å²) < 4.78 is 33.5. The molecule has 2 amide bonds. The molecule has 0 saturated heterocycles. The molecule has 2 aromatic carbocycles. The number of nitrogens with zero attached hydrogens (tertiary/aromatic N) is 3. The number of para-hydroxylation sites is 1. The largest absolute Gasteiger partial charge is 0.497 e. The van der Waals surface area contributed by atoms with Crippen LogP contribution in [0, 0.1) is 5.92 Å². The van der Waals surface area contributed by atoms with Crippen LogP contribution in [0.3, 0.4) is 0 Å². The Labute approximate surface area is 208 Å². The van der Waals surface area contributed by atoms with Gasteiger partial charge in [0, 0.05) is 27.2 Å². The number of ether oxygens (including phenoxy) is 1. The lowest BCUT2D eigenvalue weighted by Crippen LogP contribution is -2.52. The maximum Gasteiger partial charge on any atom is 0.304 e. The van der Waals surface area contributed by atoms with E-state index in [1.54, 1.807) is 56.5 Å². The third kappa shape index (κ3) is 7.69. The van der Waals surface area contributed by atoms with Crippen molar-refractivity contribution in [1.29, 1.82) is 0 Å². The highest BCUT2D eigenvalue weighted by Crippen LogP contribution is 2.21. The summed E-state index contributed by atoms with van der Waals surface area (Å²) in [4.78, 5) is 27.9. The minimum absolute atomic E-state index is 0.129. The predicted molar refractivity (Wildman–Crippen MR) is 137 cm³/mol. The van der Waals surface area contributed by atoms with Crippen molar-refractivity contribution in [2.75, 3.05) is 38.6 Å². The number of carbonyl (C=O) groups is 2. The van der Waals surface area contributed by atoms with Crippen molar-refractivity contribution in [3.05, 3.63) is 60.2 Å². The minimum atomic E-state index is -3.97. The topological polar surface area (TPSA) is 99.3 Å². The van der Waals surface area contributed by atoms with E-state index in [1.165, 1.54) is 19.0 Å². The third-order valence-corrected chi connectivity index (χ3v) is 7.25. The van der Waals surface area contributed by atoms with Gasteiger partial charge in [0.1, 0.15) is 18.3 Å². The molecule has 0 saturated carbocycles. The second kappa shape index (κ2) is 12.6. The van der Waals surface area contributed by atoms with Crippen LogP contribution in [0.5, 0.6) is 5.75 Å². The van der Waals surface area contributed by atoms with Gasteiger partial charge in [-0.15, -0.1) is 0 Å². The zero-order valence-electron chi connectivity index (χ0n) is 21.3. The van der Waals surface area contributed by atoms with Crippen LogP contribution < -0.4 is 14.4 Å². The molecule has 192 valence electrons. The molecule has 1 atom stereocenters. The van der Waals surface area contributed by atoms with Crippen molar-refractivity contribution in [2.24, 2.45) is 5.92 Å². The molecule has 0 heterocycles. The van der Waals surface area contributed by atoms with Gasteiger partial charge in [-0.2, -0.15) is 12.7 Å². The van der Waals surface area contributed by atoms with E-state index in [4.69, 9.17) is 4.74 Å². The third-order valence-electron chi connectivity index (χ3n) is 5.43. The summed E-state index contributed by atoms with van der Waals surface area (Å²) in [5.74, 6) is 0.113. The fourth-order valence-electron chi connectivity index (χ4n) is 3.27. The van der Waals surface area contributed by atoms with Gasteiger partial charge in [0.25, 0.3) is 0 Å². The Kier molecular flexibility index (Phi) is 10.1. The standard InChI is InChI=1S/C25H36N4O5S/c1-19(2)16-26-25(31)20(3)28(17-21-12-14-23(34-6)15-13-21)24(30)18-29(35(32,33)27(4)5)22-10-8-7-9-11-22/h7-15,19-20H,16-18H2,1-6H3,(H,26,31). The van der Waals surface area contributed by atoms with Crippen LogP contribution in [0.25, 0.3) is 0 Å². The van der Waals surface area contributed by atoms with E-state index in [0.717, 1.165) is 14.2 Å². The van der Waals surface area contributed by atoms with E-state index in [0.29, 0.717) is 18.0 Å². The van der Waals surface area contributed by atoms with Gasteiger partial charge >= 0.3 is 10.2 Å². The van der Waals surface area contributed by atoms with Gasteiger partial charge in [-0.25, -0.2) is 4.31 Å². The molecule has 2 aromatic rings. The zero-order chi connectivity index (χ0) is 26.2. The molecule has 1 N–H and O–H groups in total. The van der Waals surface area contributed by atoms with Crippen LogP contribution in [0.1, 0.15) is 26.3 Å². The first kappa shape index (κ1) is 28.1. The van der Waals surface area contributed by atoms with Gasteiger partial charge in [-0.1, -0.05) is 44.2 Å². The Morgan fingerprint density at radius 2 is 1.57 bits per heavy atom. The summed E-state index contributed by atoms with van der Waals surface area (Å²) in [5.41, 5.74) is 1.14. The number of nitrogens with one attached hydrogen (secondary N) is 1. The summed E-state index contributed by atoms with van der Waals surface area (Å²) in [6, 6.07) is 14.8. The molecule has 0 aliphatic heterocycles. The molecule has 0 bridgehead atoms. The first-order chi connectivity index (χ1) is 16.5. The van der Waals surface area contributed by atoms with Crippen molar-refractivity contribution in [3.63, 3.8) is 0 Å². The van der Waals surface area contributed by atoms with Crippen molar-refractivity contribution >= 4 is 27.7 Å². The monoisotopic (exact) mass is 504 g/mol. The first-order valence-electron chi connectivity index (χ1n) is 11.4. The SMILES string of the molecule is COc1ccc(CN(C(=O)CN(c2ccccc2)S(=O)(=O)N(C)C)C(C)C(=O)NCC(C)C)cc1. The smallest absolute Gasteiger partial charge is 0.304 e. The number of amides is 2. The normalized spacial score (nSPS) is 12.3. The van der Waals surface area contributed by atoms with E-state index in [-0.39, 0.29) is 18.4 Å². The van der Waals surface area contributed by atoms with Crippen molar-refractivity contribution in [2.45, 2.75) is 33.4 Å². The lowest BCUT2D eigenvalue weighted by molar-refractivity contribution is -0.139. The van der Waals surface area contributed by atoms with E-state index in [9.17, 15) is 18.0 Å². The van der Waals surface area contributed by atoms with E-state index in [1.807, 2.05) is 26.0 Å². The molecule has 0 fully saturated rings. The maximum atomic E-state index is 13.6. The fourth-order valence-corrected chi connectivity index (χ4v) is 4.33. The summed E-state index contributed by atoms with van der Waals surface area (Å²) >= 11 is 0. The van der Waals surface area contributed by atoms with Gasteiger partial charge in [-0.3, -0.25) is 9.59 Å². The number of hydrogen-bond donors (Lipinski definition) is 1. The second-order valence-electron chi connectivity index (χ2n) is 8.82. The van der Waals surface area contributed by atoms with Crippen LogP contribution in [-0.4, -0.2) is 69.8 Å². The van der Waals surface area contributed by atoms with Crippen LogP contribution >= 0.6 is 0 Å². The molecule has 35 heavy (non-hydrogen) atoms. The number of benzene rings is 2. The lowest BCUT2D eigenvalue weighted by atomic mass is 10.1. The Balaban J connectivity index is 2.39. The number of hydrogen-bond acceptors (Lipinski definition) is 5. The van der Waals surface area contributed by atoms with Crippen molar-refractivity contribution < 1.29 is 22.7 Å². The molecule has 0 spiro atoms. The molecule has 2 rings (SSSR count). The average Bonchev–Trinajstić information content (AvgIpc) is 2.84. The number of rotatable bonds is 12. The predicted octanol–water partition coefficient (Wildman–Crippen LogP) is 2.50. The second-order valence-corrected chi connectivity index (χ2v) is 10.9. The van der Waals surface area contributed by atoms with E-state index >= 15 is 0 Å². The zero-order valence-corrected chi connectivity index (χ0v) is 22.1. The highest BCUT2D eigenvalue weighted by atomic mass is 32.2. The average molecular weight is 505 g/mol. The summed E-state index contributed by atoms with van der Waals surface area (Å²) in [6.45, 7) is 5.75. The van der Waals surface area contributed by atoms with E-state index in [2.05, 4.69) is 5.32 Å². The van der Waals surface area contributed by atoms with Crippen LogP contribution in [0.4, 0.5) is 5.69 Å². The van der Waals surface area contributed by atoms with Gasteiger partial charge < -0.3 is 15.0 Å². The first-order valence-corrected chi connectivity index (χ1v) is 12.8. The maximum absolute atomic E-state index is 13.6. The molecule has 0 aliphatic rings. The highest BCUT2D eigenvalue weighted by Gasteiger charge is 2.32. The number of carbonyl (C=O) groups excluding carboxylic acids is 2. The van der Waals surface area contributed by atoms with Crippen molar-refractivity contribution in [3.8, 4) is 5.75 Å². The summed E-state index contributed by atoms with van der Waals surface area (Å²) in [6.07, 6.45) is 0. The molecule has 9 nitrogen and oxygen atoms in total. The number of methoxy groups -OCH3 is 1. The fraction of sp³-hybridized carbons (Fsp3) is 0.440. The number of anilines is 1. The van der Waals surface area contributed by atoms with E-state index < -0.39 is 28.7 Å². The van der Waals surface area contributed by atoms with Crippen LogP contribution in [0.2, 0.25) is 0 Å². The molecule has 10 heteroatoms. The molecular formula is C25H36N4O5S. The van der Waals surface area contributed by atoms with Crippen LogP contribution in [-0.2, 0) is 26.3 Å². The molecule has 0 aliphatic carbocycles. The Bertz CT molecular complexity index is 1070. The molecular weight excluding hydrogens is 468 g/mol. The summed E-state index contributed by atoms with van der Waals surface area (Å²) in [5, 5.41) is 2.86. The minimum Gasteiger partial charge on any atom is -0.497 e. The van der Waals surface area contributed by atoms with Crippen molar-refractivity contribution in [1.82, 2.24) is 14.5 Å². The van der Waals surface area contributed by atoms with Gasteiger partial charge in [0.15, 0.2) is 0 Å². The Morgan fingerprint density at radius 3 is 2.09 bits per heavy atom. The Morgan fingerprint density at radius 1 is 0.971 bits per heavy atom. The van der Waals surface area contributed by atoms with Gasteiger partial charge in [0.2, 0.25) is 11.8 Å². The quantitative estimate of drug-likeness (QED) is 0.479. The van der Waals surface area contributed by atoms with Crippen LogP contribution in [0.15, 0.2) is 54.6 Å². The molecule has 0 radical (unpaired) electrons. The molecule has 1 unspecified atom stereocenters. The summed E-state index contributed by atoms with van der Waals surface area (Å²) in [7, 11) is 0.416.